The minimum Gasteiger partial charge on any atom is -0.455 e. The Bertz CT molecular complexity index is 1250. The van der Waals surface area contributed by atoms with Crippen molar-refractivity contribution in [1.82, 2.24) is 15.1 Å². The second-order valence-corrected chi connectivity index (χ2v) is 13.5. The third-order valence-corrected chi connectivity index (χ3v) is 10.1. The second-order valence-electron chi connectivity index (χ2n) is 12.4. The summed E-state index contributed by atoms with van der Waals surface area (Å²) >= 11 is 3.72. The van der Waals surface area contributed by atoms with Crippen LogP contribution in [-0.2, 0) is 28.7 Å². The molecule has 252 valence electrons. The summed E-state index contributed by atoms with van der Waals surface area (Å²) in [7, 11) is 0. The van der Waals surface area contributed by atoms with Crippen molar-refractivity contribution < 1.29 is 33.8 Å². The SMILES string of the molecule is C=CCCC(=O)NC[C@H](OC(=O)[C@@H]1[C@H]2O[C@@]3(CC2Br)[C@H](C(=O)N(CC=C)CCCCC)N(CCCCO)C(=O)[C@@H]13)c1ccccc1. The second kappa shape index (κ2) is 16.7. The van der Waals surface area contributed by atoms with E-state index >= 15 is 0 Å². The van der Waals surface area contributed by atoms with Crippen LogP contribution in [0.1, 0.15) is 70.0 Å². The van der Waals surface area contributed by atoms with Gasteiger partial charge in [-0.3, -0.25) is 19.2 Å². The Morgan fingerprint density at radius 3 is 2.63 bits per heavy atom. The summed E-state index contributed by atoms with van der Waals surface area (Å²) in [6.45, 7) is 10.8. The molecule has 3 aliphatic rings. The van der Waals surface area contributed by atoms with Gasteiger partial charge in [0.25, 0.3) is 0 Å². The number of ether oxygens (including phenoxy) is 2. The van der Waals surface area contributed by atoms with E-state index in [0.29, 0.717) is 44.3 Å². The number of nitrogens with zero attached hydrogens (tertiary/aromatic N) is 2. The maximum absolute atomic E-state index is 14.4. The van der Waals surface area contributed by atoms with E-state index < -0.39 is 41.7 Å². The van der Waals surface area contributed by atoms with Gasteiger partial charge in [0.15, 0.2) is 0 Å². The molecule has 3 fully saturated rings. The zero-order chi connectivity index (χ0) is 33.3. The van der Waals surface area contributed by atoms with Gasteiger partial charge in [-0.2, -0.15) is 0 Å². The number of amides is 3. The van der Waals surface area contributed by atoms with Crippen LogP contribution >= 0.6 is 15.9 Å². The maximum atomic E-state index is 14.4. The van der Waals surface area contributed by atoms with Crippen molar-refractivity contribution in [2.24, 2.45) is 11.8 Å². The van der Waals surface area contributed by atoms with E-state index in [1.165, 1.54) is 0 Å². The number of carbonyl (C=O) groups is 4. The molecule has 3 aliphatic heterocycles. The molecule has 10 nitrogen and oxygen atoms in total. The molecule has 0 aliphatic carbocycles. The van der Waals surface area contributed by atoms with Crippen molar-refractivity contribution in [3.63, 3.8) is 0 Å². The standard InChI is InChI=1S/C35H48BrN3O7/c1-4-7-12-19-38(18-6-3)33(43)31-35-22-25(36)30(46-35)28(29(35)32(42)39(31)20-13-14-21-40)34(44)45-26(24-15-10-9-11-16-24)23-37-27(41)17-8-5-2/h5-6,9-11,15-16,25-26,28-31,40H,2-4,7-8,12-14,17-23H2,1H3,(H,37,41)/t25?,26-,28-,29+,30-,31-,35+/m0/s1. The maximum Gasteiger partial charge on any atom is 0.313 e. The molecule has 3 saturated heterocycles. The predicted octanol–water partition coefficient (Wildman–Crippen LogP) is 4.08. The van der Waals surface area contributed by atoms with Gasteiger partial charge in [-0.05, 0) is 37.7 Å². The summed E-state index contributed by atoms with van der Waals surface area (Å²) in [5, 5.41) is 12.3. The molecular weight excluding hydrogens is 654 g/mol. The van der Waals surface area contributed by atoms with Crippen LogP contribution in [0.5, 0.6) is 0 Å². The first-order chi connectivity index (χ1) is 22.2. The van der Waals surface area contributed by atoms with Crippen LogP contribution in [0.3, 0.4) is 0 Å². The molecular formula is C35H48BrN3O7. The number of benzene rings is 1. The van der Waals surface area contributed by atoms with Gasteiger partial charge in [0.1, 0.15) is 17.7 Å². The normalized spacial score (nSPS) is 26.8. The number of nitrogens with one attached hydrogen (secondary N) is 1. The summed E-state index contributed by atoms with van der Waals surface area (Å²) in [4.78, 5) is 58.3. The Morgan fingerprint density at radius 2 is 1.96 bits per heavy atom. The van der Waals surface area contributed by atoms with Crippen molar-refractivity contribution in [1.29, 1.82) is 0 Å². The lowest BCUT2D eigenvalue weighted by Crippen LogP contribution is -2.57. The predicted molar refractivity (Wildman–Crippen MR) is 178 cm³/mol. The topological polar surface area (TPSA) is 125 Å². The van der Waals surface area contributed by atoms with Crippen LogP contribution in [-0.4, -0.2) is 94.0 Å². The van der Waals surface area contributed by atoms with Gasteiger partial charge in [-0.25, -0.2) is 0 Å². The summed E-state index contributed by atoms with van der Waals surface area (Å²) in [6.07, 6.45) is 6.85. The fourth-order valence-electron chi connectivity index (χ4n) is 7.13. The fourth-order valence-corrected chi connectivity index (χ4v) is 8.07. The van der Waals surface area contributed by atoms with E-state index in [2.05, 4.69) is 41.3 Å². The summed E-state index contributed by atoms with van der Waals surface area (Å²) in [5.74, 6) is -3.15. The third-order valence-electron chi connectivity index (χ3n) is 9.29. The first kappa shape index (κ1) is 35.8. The number of hydrogen-bond donors (Lipinski definition) is 2. The number of aliphatic hydroxyl groups is 1. The molecule has 46 heavy (non-hydrogen) atoms. The molecule has 0 saturated carbocycles. The Morgan fingerprint density at radius 1 is 1.20 bits per heavy atom. The highest BCUT2D eigenvalue weighted by Crippen LogP contribution is 2.60. The molecule has 2 N–H and O–H groups in total. The molecule has 7 atom stereocenters. The summed E-state index contributed by atoms with van der Waals surface area (Å²) in [6, 6.07) is 8.25. The molecule has 1 unspecified atom stereocenters. The largest absolute Gasteiger partial charge is 0.455 e. The number of rotatable bonds is 19. The first-order valence-electron chi connectivity index (χ1n) is 16.5. The van der Waals surface area contributed by atoms with Crippen LogP contribution in [0.4, 0.5) is 0 Å². The molecule has 4 rings (SSSR count). The smallest absolute Gasteiger partial charge is 0.313 e. The molecule has 1 aromatic rings. The van der Waals surface area contributed by atoms with Crippen molar-refractivity contribution >= 4 is 39.6 Å². The van der Waals surface area contributed by atoms with E-state index in [1.807, 2.05) is 30.3 Å². The van der Waals surface area contributed by atoms with Gasteiger partial charge < -0.3 is 29.7 Å². The van der Waals surface area contributed by atoms with E-state index in [9.17, 15) is 24.3 Å². The van der Waals surface area contributed by atoms with Gasteiger partial charge in [0.05, 0.1) is 24.5 Å². The molecule has 3 heterocycles. The van der Waals surface area contributed by atoms with E-state index in [-0.39, 0.29) is 48.7 Å². The van der Waals surface area contributed by atoms with Crippen molar-refractivity contribution in [3.05, 3.63) is 61.2 Å². The van der Waals surface area contributed by atoms with Crippen molar-refractivity contribution in [2.75, 3.05) is 32.8 Å². The van der Waals surface area contributed by atoms with Crippen LogP contribution in [0.2, 0.25) is 0 Å². The van der Waals surface area contributed by atoms with Gasteiger partial charge >= 0.3 is 5.97 Å². The zero-order valence-corrected chi connectivity index (χ0v) is 28.4. The Kier molecular flexibility index (Phi) is 13.0. The number of hydrogen-bond acceptors (Lipinski definition) is 7. The molecule has 2 bridgehead atoms. The first-order valence-corrected chi connectivity index (χ1v) is 17.4. The van der Waals surface area contributed by atoms with Crippen LogP contribution in [0.25, 0.3) is 0 Å². The summed E-state index contributed by atoms with van der Waals surface area (Å²) in [5.41, 5.74) is -0.501. The average molecular weight is 703 g/mol. The van der Waals surface area contributed by atoms with E-state index in [4.69, 9.17) is 9.47 Å². The average Bonchev–Trinajstić information content (AvgIpc) is 3.65. The molecule has 3 amide bonds. The number of esters is 1. The summed E-state index contributed by atoms with van der Waals surface area (Å²) < 4.78 is 12.8. The molecule has 1 aromatic carbocycles. The highest BCUT2D eigenvalue weighted by Gasteiger charge is 2.77. The molecule has 11 heteroatoms. The Hall–Kier alpha value is -3.02. The lowest BCUT2D eigenvalue weighted by molar-refractivity contribution is -0.160. The van der Waals surface area contributed by atoms with E-state index in [1.54, 1.807) is 22.0 Å². The van der Waals surface area contributed by atoms with Crippen LogP contribution in [0.15, 0.2) is 55.6 Å². The van der Waals surface area contributed by atoms with Crippen molar-refractivity contribution in [3.8, 4) is 0 Å². The zero-order valence-electron chi connectivity index (χ0n) is 26.8. The van der Waals surface area contributed by atoms with Crippen LogP contribution < -0.4 is 5.32 Å². The van der Waals surface area contributed by atoms with E-state index in [0.717, 1.165) is 19.3 Å². The highest BCUT2D eigenvalue weighted by molar-refractivity contribution is 9.09. The van der Waals surface area contributed by atoms with Gasteiger partial charge in [-0.15, -0.1) is 13.2 Å². The number of halogens is 1. The van der Waals surface area contributed by atoms with Gasteiger partial charge in [0, 0.05) is 37.5 Å². The van der Waals surface area contributed by atoms with Crippen molar-refractivity contribution in [2.45, 2.75) is 87.0 Å². The number of alkyl halides is 1. The fraction of sp³-hybridized carbons (Fsp3) is 0.600. The van der Waals surface area contributed by atoms with Gasteiger partial charge in [0.2, 0.25) is 17.7 Å². The lowest BCUT2D eigenvalue weighted by Gasteiger charge is -2.37. The Balaban J connectivity index is 1.64. The number of carbonyl (C=O) groups excluding carboxylic acids is 4. The number of allylic oxidation sites excluding steroid dienone is 1. The monoisotopic (exact) mass is 701 g/mol. The highest BCUT2D eigenvalue weighted by atomic mass is 79.9. The number of unbranched alkanes of at least 4 members (excludes halogenated alkanes) is 3. The number of likely N-dealkylation sites (tertiary alicyclic amines) is 1. The quantitative estimate of drug-likeness (QED) is 0.0964. The number of fused-ring (bicyclic) bond motifs is 1. The van der Waals surface area contributed by atoms with Crippen LogP contribution in [0, 0.1) is 11.8 Å². The molecule has 1 spiro atoms. The minimum absolute atomic E-state index is 0.0309. The van der Waals surface area contributed by atoms with Gasteiger partial charge in [-0.1, -0.05) is 78.2 Å². The molecule has 0 radical (unpaired) electrons. The lowest BCUT2D eigenvalue weighted by atomic mass is 9.70. The molecule has 0 aromatic heterocycles. The third kappa shape index (κ3) is 7.58. The number of aliphatic hydroxyl groups excluding tert-OH is 1. The minimum atomic E-state index is -1.21. The Labute approximate surface area is 280 Å².